The third-order valence-electron chi connectivity index (χ3n) is 4.17. The molecule has 21 heavy (non-hydrogen) atoms. The van der Waals surface area contributed by atoms with Crippen LogP contribution < -0.4 is 10.1 Å². The van der Waals surface area contributed by atoms with Crippen molar-refractivity contribution in [1.29, 1.82) is 0 Å². The minimum Gasteiger partial charge on any atom is -0.497 e. The fourth-order valence-corrected chi connectivity index (χ4v) is 2.92. The normalized spacial score (nSPS) is 18.0. The second-order valence-electron chi connectivity index (χ2n) is 6.16. The van der Waals surface area contributed by atoms with E-state index in [9.17, 15) is 4.39 Å². The minimum atomic E-state index is -0.122. The first-order valence-corrected chi connectivity index (χ1v) is 7.90. The summed E-state index contributed by atoms with van der Waals surface area (Å²) in [4.78, 5) is 2.40. The lowest BCUT2D eigenvalue weighted by atomic mass is 9.95. The molecule has 1 aromatic rings. The molecule has 3 nitrogen and oxygen atoms in total. The van der Waals surface area contributed by atoms with Gasteiger partial charge in [0.25, 0.3) is 0 Å². The standard InChI is InChI=1S/C17H27FN2O/c1-13(2)4-7-17(20-10-8-19-9-11-20)15-12-14(21-3)5-6-16(15)18/h5-6,12-13,17,19H,4,7-11H2,1-3H3/t17-/m1/s1. The Bertz CT molecular complexity index is 444. The smallest absolute Gasteiger partial charge is 0.128 e. The number of halogens is 1. The van der Waals surface area contributed by atoms with E-state index in [2.05, 4.69) is 24.1 Å². The van der Waals surface area contributed by atoms with Gasteiger partial charge < -0.3 is 10.1 Å². The molecule has 1 aliphatic heterocycles. The maximum Gasteiger partial charge on any atom is 0.128 e. The van der Waals surface area contributed by atoms with Gasteiger partial charge in [-0.2, -0.15) is 0 Å². The number of nitrogens with zero attached hydrogens (tertiary/aromatic N) is 1. The van der Waals surface area contributed by atoms with Crippen LogP contribution in [0.15, 0.2) is 18.2 Å². The van der Waals surface area contributed by atoms with Crippen LogP contribution in [0.3, 0.4) is 0 Å². The Labute approximate surface area is 127 Å². The fraction of sp³-hybridized carbons (Fsp3) is 0.647. The number of benzene rings is 1. The highest BCUT2D eigenvalue weighted by molar-refractivity contribution is 5.32. The average Bonchev–Trinajstić information content (AvgIpc) is 2.50. The molecule has 0 amide bonds. The van der Waals surface area contributed by atoms with Gasteiger partial charge in [-0.3, -0.25) is 4.90 Å². The van der Waals surface area contributed by atoms with Crippen molar-refractivity contribution in [1.82, 2.24) is 10.2 Å². The van der Waals surface area contributed by atoms with Gasteiger partial charge in [-0.1, -0.05) is 13.8 Å². The Morgan fingerprint density at radius 1 is 1.24 bits per heavy atom. The first-order chi connectivity index (χ1) is 10.1. The number of hydrogen-bond donors (Lipinski definition) is 1. The molecule has 1 aromatic carbocycles. The first-order valence-electron chi connectivity index (χ1n) is 7.90. The van der Waals surface area contributed by atoms with Gasteiger partial charge in [-0.05, 0) is 37.0 Å². The molecule has 1 saturated heterocycles. The van der Waals surface area contributed by atoms with E-state index in [1.54, 1.807) is 13.2 Å². The van der Waals surface area contributed by atoms with Gasteiger partial charge in [0.2, 0.25) is 0 Å². The number of piperazine rings is 1. The lowest BCUT2D eigenvalue weighted by Gasteiger charge is -2.36. The molecular weight excluding hydrogens is 267 g/mol. The number of nitrogens with one attached hydrogen (secondary N) is 1. The second-order valence-corrected chi connectivity index (χ2v) is 6.16. The number of methoxy groups -OCH3 is 1. The molecule has 0 unspecified atom stereocenters. The summed E-state index contributed by atoms with van der Waals surface area (Å²) in [6, 6.07) is 5.22. The summed E-state index contributed by atoms with van der Waals surface area (Å²) in [7, 11) is 1.63. The van der Waals surface area contributed by atoms with Crippen LogP contribution >= 0.6 is 0 Å². The Kier molecular flexibility index (Phi) is 6.00. The third-order valence-corrected chi connectivity index (χ3v) is 4.17. The zero-order valence-corrected chi connectivity index (χ0v) is 13.4. The number of rotatable bonds is 6. The van der Waals surface area contributed by atoms with Crippen molar-refractivity contribution in [3.05, 3.63) is 29.6 Å². The van der Waals surface area contributed by atoms with E-state index >= 15 is 0 Å². The van der Waals surface area contributed by atoms with E-state index < -0.39 is 0 Å². The molecule has 2 rings (SSSR count). The highest BCUT2D eigenvalue weighted by Crippen LogP contribution is 2.31. The summed E-state index contributed by atoms with van der Waals surface area (Å²) in [5, 5.41) is 3.36. The Morgan fingerprint density at radius 3 is 2.57 bits per heavy atom. The number of hydrogen-bond acceptors (Lipinski definition) is 3. The Hall–Kier alpha value is -1.13. The van der Waals surface area contributed by atoms with Crippen molar-refractivity contribution in [2.24, 2.45) is 5.92 Å². The molecule has 1 atom stereocenters. The molecule has 0 saturated carbocycles. The molecule has 1 aliphatic rings. The maximum absolute atomic E-state index is 14.3. The molecule has 118 valence electrons. The van der Waals surface area contributed by atoms with E-state index in [0.717, 1.165) is 50.3 Å². The zero-order chi connectivity index (χ0) is 15.2. The average molecular weight is 294 g/mol. The van der Waals surface area contributed by atoms with E-state index in [0.29, 0.717) is 5.92 Å². The lowest BCUT2D eigenvalue weighted by molar-refractivity contribution is 0.156. The topological polar surface area (TPSA) is 24.5 Å². The van der Waals surface area contributed by atoms with Crippen LogP contribution in [0.4, 0.5) is 4.39 Å². The van der Waals surface area contributed by atoms with E-state index in [1.165, 1.54) is 6.07 Å². The van der Waals surface area contributed by atoms with Crippen molar-refractivity contribution >= 4 is 0 Å². The summed E-state index contributed by atoms with van der Waals surface area (Å²) in [6.07, 6.45) is 2.09. The summed E-state index contributed by atoms with van der Waals surface area (Å²) < 4.78 is 19.6. The predicted molar refractivity (Wildman–Crippen MR) is 84.2 cm³/mol. The molecule has 4 heteroatoms. The maximum atomic E-state index is 14.3. The van der Waals surface area contributed by atoms with Gasteiger partial charge in [0, 0.05) is 37.8 Å². The molecular formula is C17H27FN2O. The van der Waals surface area contributed by atoms with Crippen LogP contribution in [0.5, 0.6) is 5.75 Å². The summed E-state index contributed by atoms with van der Waals surface area (Å²) in [6.45, 7) is 8.33. The van der Waals surface area contributed by atoms with Crippen molar-refractivity contribution in [3.63, 3.8) is 0 Å². The molecule has 1 fully saturated rings. The van der Waals surface area contributed by atoms with Crippen LogP contribution in [0, 0.1) is 11.7 Å². The van der Waals surface area contributed by atoms with Gasteiger partial charge >= 0.3 is 0 Å². The van der Waals surface area contributed by atoms with Crippen molar-refractivity contribution in [3.8, 4) is 5.75 Å². The molecule has 0 aliphatic carbocycles. The molecule has 0 aromatic heterocycles. The van der Waals surface area contributed by atoms with Crippen LogP contribution in [-0.2, 0) is 0 Å². The van der Waals surface area contributed by atoms with Crippen molar-refractivity contribution in [2.75, 3.05) is 33.3 Å². The van der Waals surface area contributed by atoms with Gasteiger partial charge in [0.05, 0.1) is 7.11 Å². The van der Waals surface area contributed by atoms with Crippen LogP contribution in [0.1, 0.15) is 38.3 Å². The summed E-state index contributed by atoms with van der Waals surface area (Å²) in [5.41, 5.74) is 0.775. The lowest BCUT2D eigenvalue weighted by Crippen LogP contribution is -2.45. The van der Waals surface area contributed by atoms with Crippen LogP contribution in [-0.4, -0.2) is 38.2 Å². The third kappa shape index (κ3) is 4.42. The Morgan fingerprint density at radius 2 is 1.95 bits per heavy atom. The second kappa shape index (κ2) is 7.76. The van der Waals surface area contributed by atoms with Gasteiger partial charge in [-0.15, -0.1) is 0 Å². The van der Waals surface area contributed by atoms with Crippen LogP contribution in [0.2, 0.25) is 0 Å². The minimum absolute atomic E-state index is 0.122. The fourth-order valence-electron chi connectivity index (χ4n) is 2.92. The highest BCUT2D eigenvalue weighted by atomic mass is 19.1. The molecule has 0 bridgehead atoms. The molecule has 0 radical (unpaired) electrons. The predicted octanol–water partition coefficient (Wildman–Crippen LogP) is 3.22. The molecule has 1 heterocycles. The number of ether oxygens (including phenoxy) is 1. The van der Waals surface area contributed by atoms with E-state index in [1.807, 2.05) is 6.07 Å². The van der Waals surface area contributed by atoms with Gasteiger partial charge in [0.1, 0.15) is 11.6 Å². The molecule has 0 spiro atoms. The largest absolute Gasteiger partial charge is 0.497 e. The molecule has 1 N–H and O–H groups in total. The van der Waals surface area contributed by atoms with Crippen LogP contribution in [0.25, 0.3) is 0 Å². The monoisotopic (exact) mass is 294 g/mol. The van der Waals surface area contributed by atoms with Gasteiger partial charge in [-0.25, -0.2) is 4.39 Å². The SMILES string of the molecule is COc1ccc(F)c([C@@H](CCC(C)C)N2CCNCC2)c1. The summed E-state index contributed by atoms with van der Waals surface area (Å²) in [5.74, 6) is 1.24. The quantitative estimate of drug-likeness (QED) is 0.872. The summed E-state index contributed by atoms with van der Waals surface area (Å²) >= 11 is 0. The van der Waals surface area contributed by atoms with E-state index in [4.69, 9.17) is 4.74 Å². The first kappa shape index (κ1) is 16.2. The van der Waals surface area contributed by atoms with Crippen molar-refractivity contribution < 1.29 is 9.13 Å². The van der Waals surface area contributed by atoms with Crippen molar-refractivity contribution in [2.45, 2.75) is 32.7 Å². The highest BCUT2D eigenvalue weighted by Gasteiger charge is 2.25. The van der Waals surface area contributed by atoms with Gasteiger partial charge in [0.15, 0.2) is 0 Å². The van der Waals surface area contributed by atoms with E-state index in [-0.39, 0.29) is 11.9 Å². The Balaban J connectivity index is 2.24. The zero-order valence-electron chi connectivity index (χ0n) is 13.4.